The second kappa shape index (κ2) is 10.3. The van der Waals surface area contributed by atoms with Crippen molar-refractivity contribution in [2.45, 2.75) is 12.8 Å². The third-order valence-electron chi connectivity index (χ3n) is 5.21. The molecule has 6 nitrogen and oxygen atoms in total. The number of allylic oxidation sites excluding steroid dienone is 1. The Hall–Kier alpha value is -3.08. The molecule has 0 radical (unpaired) electrons. The van der Waals surface area contributed by atoms with Gasteiger partial charge in [0.15, 0.2) is 5.75 Å². The van der Waals surface area contributed by atoms with Gasteiger partial charge < -0.3 is 19.9 Å². The quantitative estimate of drug-likeness (QED) is 0.268. The number of nitriles is 1. The van der Waals surface area contributed by atoms with Crippen molar-refractivity contribution >= 4 is 52.4 Å². The first-order chi connectivity index (χ1) is 16.7. The van der Waals surface area contributed by atoms with Crippen LogP contribution in [0.2, 0.25) is 20.1 Å². The molecule has 2 N–H and O–H groups in total. The number of hydrogen-bond acceptors (Lipinski definition) is 6. The molecule has 3 aromatic carbocycles. The highest BCUT2D eigenvalue weighted by molar-refractivity contribution is 6.38. The van der Waals surface area contributed by atoms with E-state index in [-0.39, 0.29) is 44.3 Å². The summed E-state index contributed by atoms with van der Waals surface area (Å²) in [5.41, 5.74) is 7.44. The average molecular weight is 550 g/mol. The Morgan fingerprint density at radius 1 is 1.06 bits per heavy atom. The molecule has 1 atom stereocenters. The fraction of sp³-hybridized carbons (Fsp3) is 0.120. The summed E-state index contributed by atoms with van der Waals surface area (Å²) >= 11 is 25.2. The van der Waals surface area contributed by atoms with Crippen molar-refractivity contribution < 1.29 is 19.0 Å². The van der Waals surface area contributed by atoms with Crippen LogP contribution in [0, 0.1) is 11.3 Å². The predicted octanol–water partition coefficient (Wildman–Crippen LogP) is 7.14. The fourth-order valence-electron chi connectivity index (χ4n) is 3.71. The van der Waals surface area contributed by atoms with Crippen molar-refractivity contribution in [3.05, 3.63) is 96.8 Å². The van der Waals surface area contributed by atoms with Crippen molar-refractivity contribution in [1.29, 1.82) is 5.26 Å². The van der Waals surface area contributed by atoms with E-state index in [1.807, 2.05) is 0 Å². The van der Waals surface area contributed by atoms with Crippen LogP contribution in [0.5, 0.6) is 17.2 Å². The van der Waals surface area contributed by atoms with E-state index >= 15 is 0 Å². The van der Waals surface area contributed by atoms with Crippen LogP contribution in [-0.4, -0.2) is 12.6 Å². The number of esters is 1. The summed E-state index contributed by atoms with van der Waals surface area (Å²) in [6.07, 6.45) is 0. The van der Waals surface area contributed by atoms with Gasteiger partial charge in [0.05, 0.1) is 28.1 Å². The van der Waals surface area contributed by atoms with Gasteiger partial charge in [0.1, 0.15) is 23.1 Å². The molecule has 0 fully saturated rings. The zero-order valence-electron chi connectivity index (χ0n) is 18.1. The van der Waals surface area contributed by atoms with Gasteiger partial charge in [0.2, 0.25) is 5.88 Å². The Morgan fingerprint density at radius 2 is 1.71 bits per heavy atom. The smallest absolute Gasteiger partial charge is 0.343 e. The highest BCUT2D eigenvalue weighted by Crippen LogP contribution is 2.47. The first-order valence-electron chi connectivity index (χ1n) is 10.2. The lowest BCUT2D eigenvalue weighted by Crippen LogP contribution is -2.21. The van der Waals surface area contributed by atoms with Crippen molar-refractivity contribution in [2.75, 3.05) is 6.61 Å². The SMILES string of the molecule is CCOc1c(Cl)cc(C(=O)Oc2ccc3c(c2)OC(N)=C(C#N)C3c2c(Cl)cccc2Cl)cc1Cl. The van der Waals surface area contributed by atoms with E-state index < -0.39 is 11.9 Å². The van der Waals surface area contributed by atoms with Crippen LogP contribution < -0.4 is 19.9 Å². The minimum atomic E-state index is -0.695. The number of fused-ring (bicyclic) bond motifs is 1. The highest BCUT2D eigenvalue weighted by atomic mass is 35.5. The Balaban J connectivity index is 1.69. The van der Waals surface area contributed by atoms with Gasteiger partial charge in [-0.2, -0.15) is 5.26 Å². The summed E-state index contributed by atoms with van der Waals surface area (Å²) in [5, 5.41) is 10.9. The normalized spacial score (nSPS) is 14.6. The second-order valence-corrected chi connectivity index (χ2v) is 8.98. The summed E-state index contributed by atoms with van der Waals surface area (Å²) in [4.78, 5) is 12.8. The van der Waals surface area contributed by atoms with E-state index in [1.54, 1.807) is 37.3 Å². The third-order valence-corrected chi connectivity index (χ3v) is 6.43. The molecular weight excluding hydrogens is 534 g/mol. The lowest BCUT2D eigenvalue weighted by molar-refractivity contribution is 0.0734. The maximum atomic E-state index is 12.8. The summed E-state index contributed by atoms with van der Waals surface area (Å²) in [6, 6.07) is 14.7. The molecule has 0 saturated carbocycles. The van der Waals surface area contributed by atoms with Gasteiger partial charge >= 0.3 is 5.97 Å². The number of rotatable bonds is 5. The number of ether oxygens (including phenoxy) is 3. The Kier molecular flexibility index (Phi) is 7.34. The molecule has 1 aliphatic heterocycles. The van der Waals surface area contributed by atoms with Gasteiger partial charge in [-0.25, -0.2) is 4.79 Å². The zero-order valence-corrected chi connectivity index (χ0v) is 21.1. The largest absolute Gasteiger partial charge is 0.491 e. The first kappa shape index (κ1) is 25.0. The molecule has 1 unspecified atom stereocenters. The number of halogens is 4. The number of nitrogens with two attached hydrogens (primary N) is 1. The van der Waals surface area contributed by atoms with Gasteiger partial charge in [-0.15, -0.1) is 0 Å². The van der Waals surface area contributed by atoms with E-state index in [0.29, 0.717) is 27.8 Å². The van der Waals surface area contributed by atoms with Gasteiger partial charge in [-0.05, 0) is 37.3 Å². The van der Waals surface area contributed by atoms with Crippen molar-refractivity contribution in [1.82, 2.24) is 0 Å². The van der Waals surface area contributed by atoms with Gasteiger partial charge in [0, 0.05) is 27.2 Å². The molecular formula is C25H16Cl4N2O4. The topological polar surface area (TPSA) is 94.6 Å². The van der Waals surface area contributed by atoms with Crippen LogP contribution in [0.15, 0.2) is 60.0 Å². The Morgan fingerprint density at radius 3 is 2.31 bits per heavy atom. The lowest BCUT2D eigenvalue weighted by Gasteiger charge is -2.27. The van der Waals surface area contributed by atoms with Gasteiger partial charge in [-0.1, -0.05) is 58.5 Å². The van der Waals surface area contributed by atoms with Crippen LogP contribution in [0.4, 0.5) is 0 Å². The van der Waals surface area contributed by atoms with E-state index in [0.717, 1.165) is 0 Å². The van der Waals surface area contributed by atoms with E-state index in [1.165, 1.54) is 18.2 Å². The maximum Gasteiger partial charge on any atom is 0.343 e. The monoisotopic (exact) mass is 548 g/mol. The van der Waals surface area contributed by atoms with E-state index in [2.05, 4.69) is 6.07 Å². The fourth-order valence-corrected chi connectivity index (χ4v) is 4.92. The molecule has 0 aliphatic carbocycles. The Labute approximate surface area is 221 Å². The minimum Gasteiger partial charge on any atom is -0.491 e. The van der Waals surface area contributed by atoms with Crippen molar-refractivity contribution in [2.24, 2.45) is 5.73 Å². The molecule has 1 heterocycles. The number of carbonyl (C=O) groups excluding carboxylic acids is 1. The number of nitrogens with zero attached hydrogens (tertiary/aromatic N) is 1. The average Bonchev–Trinajstić information content (AvgIpc) is 2.81. The Bertz CT molecular complexity index is 1370. The summed E-state index contributed by atoms with van der Waals surface area (Å²) in [7, 11) is 0. The third kappa shape index (κ3) is 4.86. The number of hydrogen-bond donors (Lipinski definition) is 1. The zero-order chi connectivity index (χ0) is 25.3. The van der Waals surface area contributed by atoms with Crippen LogP contribution in [0.25, 0.3) is 0 Å². The lowest BCUT2D eigenvalue weighted by atomic mass is 9.83. The van der Waals surface area contributed by atoms with E-state index in [4.69, 9.17) is 66.3 Å². The number of benzene rings is 3. The molecule has 4 rings (SSSR count). The second-order valence-electron chi connectivity index (χ2n) is 7.35. The molecule has 0 bridgehead atoms. The molecule has 0 saturated heterocycles. The molecule has 0 amide bonds. The summed E-state index contributed by atoms with van der Waals surface area (Å²) < 4.78 is 16.6. The van der Waals surface area contributed by atoms with Crippen LogP contribution in [-0.2, 0) is 0 Å². The van der Waals surface area contributed by atoms with Crippen LogP contribution >= 0.6 is 46.4 Å². The van der Waals surface area contributed by atoms with Crippen molar-refractivity contribution in [3.63, 3.8) is 0 Å². The first-order valence-corrected chi connectivity index (χ1v) is 11.8. The van der Waals surface area contributed by atoms with Crippen LogP contribution in [0.1, 0.15) is 34.3 Å². The molecule has 1 aliphatic rings. The molecule has 0 aromatic heterocycles. The van der Waals surface area contributed by atoms with Crippen LogP contribution in [0.3, 0.4) is 0 Å². The summed E-state index contributed by atoms with van der Waals surface area (Å²) in [6.45, 7) is 2.16. The molecule has 178 valence electrons. The molecule has 0 spiro atoms. The highest BCUT2D eigenvalue weighted by Gasteiger charge is 2.33. The van der Waals surface area contributed by atoms with Gasteiger partial charge in [-0.3, -0.25) is 0 Å². The summed E-state index contributed by atoms with van der Waals surface area (Å²) in [5.74, 6) is -0.718. The number of carbonyl (C=O) groups is 1. The predicted molar refractivity (Wildman–Crippen MR) is 135 cm³/mol. The standard InChI is InChI=1S/C25H16Cl4N2O4/c1-2-33-23-18(28)8-12(9-19(23)29)25(32)34-13-6-7-14-20(10-13)35-24(31)15(11-30)21(14)22-16(26)4-3-5-17(22)27/h3-10,21H,2,31H2,1H3. The molecule has 3 aromatic rings. The minimum absolute atomic E-state index is 0.102. The van der Waals surface area contributed by atoms with Crippen molar-refractivity contribution in [3.8, 4) is 23.3 Å². The molecule has 10 heteroatoms. The molecule has 35 heavy (non-hydrogen) atoms. The maximum absolute atomic E-state index is 12.8. The van der Waals surface area contributed by atoms with Gasteiger partial charge in [0.25, 0.3) is 0 Å². The van der Waals surface area contributed by atoms with E-state index in [9.17, 15) is 10.1 Å².